The fourth-order valence-corrected chi connectivity index (χ4v) is 2.36. The predicted octanol–water partition coefficient (Wildman–Crippen LogP) is -1.000. The number of hydrogen-bond acceptors (Lipinski definition) is 7. The van der Waals surface area contributed by atoms with E-state index in [0.717, 1.165) is 0 Å². The van der Waals surface area contributed by atoms with Gasteiger partial charge in [0, 0.05) is 7.98 Å². The van der Waals surface area contributed by atoms with Crippen molar-refractivity contribution in [2.75, 3.05) is 18.9 Å². The van der Waals surface area contributed by atoms with Crippen molar-refractivity contribution >= 4 is 11.7 Å². The Balaban J connectivity index is 2.17. The van der Waals surface area contributed by atoms with Gasteiger partial charge in [0.15, 0.2) is 11.9 Å². The molecule has 1 fully saturated rings. The zero-order chi connectivity index (χ0) is 17.1. The third-order valence-corrected chi connectivity index (χ3v) is 3.52. The molecule has 22 heavy (non-hydrogen) atoms. The average Bonchev–Trinajstić information content (AvgIpc) is 3.05. The Labute approximate surface area is 129 Å². The van der Waals surface area contributed by atoms with Gasteiger partial charge in [-0.3, -0.25) is 9.36 Å². The van der Waals surface area contributed by atoms with Crippen LogP contribution >= 0.6 is 0 Å². The van der Waals surface area contributed by atoms with Gasteiger partial charge in [-0.15, -0.1) is 0 Å². The van der Waals surface area contributed by atoms with Crippen LogP contribution < -0.4 is 11.5 Å². The summed E-state index contributed by atoms with van der Waals surface area (Å²) in [5.41, 5.74) is 10.8. The molecule has 0 saturated carbocycles. The SMILES string of the molecule is [2H]C(CC)CO[C@@H]1[C@@H](CO)OC(n2cnc(C(N)=O)c2N)[C@@H]1O. The topological polar surface area (TPSA) is 146 Å². The van der Waals surface area contributed by atoms with Crippen molar-refractivity contribution in [3.05, 3.63) is 12.0 Å². The van der Waals surface area contributed by atoms with Gasteiger partial charge in [0.05, 0.1) is 12.9 Å². The lowest BCUT2D eigenvalue weighted by molar-refractivity contribution is -0.0610. The second-order valence-corrected chi connectivity index (χ2v) is 4.98. The highest BCUT2D eigenvalue weighted by atomic mass is 16.6. The predicted molar refractivity (Wildman–Crippen MR) is 76.8 cm³/mol. The number of anilines is 1. The first-order chi connectivity index (χ1) is 10.9. The number of imidazole rings is 1. The van der Waals surface area contributed by atoms with Crippen LogP contribution in [0.5, 0.6) is 0 Å². The molecule has 0 radical (unpaired) electrons. The number of nitrogens with two attached hydrogens (primary N) is 2. The number of aliphatic hydroxyl groups excluding tert-OH is 2. The van der Waals surface area contributed by atoms with Gasteiger partial charge in [-0.05, 0) is 6.40 Å². The van der Waals surface area contributed by atoms with Crippen LogP contribution in [-0.4, -0.2) is 57.2 Å². The quantitative estimate of drug-likeness (QED) is 0.504. The van der Waals surface area contributed by atoms with Gasteiger partial charge in [0.2, 0.25) is 0 Å². The minimum atomic E-state index is -1.14. The van der Waals surface area contributed by atoms with E-state index >= 15 is 0 Å². The van der Waals surface area contributed by atoms with Crippen LogP contribution in [0, 0.1) is 0 Å². The van der Waals surface area contributed by atoms with E-state index in [9.17, 15) is 15.0 Å². The number of aliphatic hydroxyl groups is 2. The van der Waals surface area contributed by atoms with Gasteiger partial charge in [0.1, 0.15) is 24.1 Å². The number of aromatic nitrogens is 2. The molecule has 1 saturated heterocycles. The van der Waals surface area contributed by atoms with Crippen LogP contribution in [0.2, 0.25) is 0 Å². The number of hydrogen-bond donors (Lipinski definition) is 4. The lowest BCUT2D eigenvalue weighted by Crippen LogP contribution is -2.36. The fourth-order valence-electron chi connectivity index (χ4n) is 2.36. The number of carbonyl (C=O) groups is 1. The molecule has 5 atom stereocenters. The van der Waals surface area contributed by atoms with Gasteiger partial charge in [0.25, 0.3) is 5.91 Å². The van der Waals surface area contributed by atoms with Crippen molar-refractivity contribution < 1.29 is 25.9 Å². The molecule has 1 aliphatic heterocycles. The highest BCUT2D eigenvalue weighted by Gasteiger charge is 2.45. The number of rotatable bonds is 7. The number of primary amides is 1. The summed E-state index contributed by atoms with van der Waals surface area (Å²) in [6.45, 7) is 1.59. The maximum absolute atomic E-state index is 11.2. The van der Waals surface area contributed by atoms with Crippen molar-refractivity contribution in [2.24, 2.45) is 5.73 Å². The highest BCUT2D eigenvalue weighted by molar-refractivity contribution is 5.95. The van der Waals surface area contributed by atoms with Crippen molar-refractivity contribution in [2.45, 2.75) is 44.3 Å². The molecule has 0 bridgehead atoms. The summed E-state index contributed by atoms with van der Waals surface area (Å²) in [7, 11) is 0. The van der Waals surface area contributed by atoms with Crippen LogP contribution in [0.15, 0.2) is 6.33 Å². The van der Waals surface area contributed by atoms with Gasteiger partial charge >= 0.3 is 0 Å². The molecule has 1 aliphatic rings. The molecule has 9 heteroatoms. The molecule has 2 heterocycles. The Kier molecular flexibility index (Phi) is 4.88. The molecule has 0 aromatic carbocycles. The van der Waals surface area contributed by atoms with Crippen LogP contribution in [0.4, 0.5) is 5.82 Å². The molecule has 0 spiro atoms. The minimum absolute atomic E-state index is 0.0363. The monoisotopic (exact) mass is 315 g/mol. The first-order valence-electron chi connectivity index (χ1n) is 7.58. The summed E-state index contributed by atoms with van der Waals surface area (Å²) >= 11 is 0. The largest absolute Gasteiger partial charge is 0.394 e. The van der Waals surface area contributed by atoms with Gasteiger partial charge in [-0.25, -0.2) is 4.98 Å². The second-order valence-electron chi connectivity index (χ2n) is 4.98. The van der Waals surface area contributed by atoms with E-state index in [0.29, 0.717) is 6.42 Å². The molecule has 9 nitrogen and oxygen atoms in total. The maximum Gasteiger partial charge on any atom is 0.271 e. The first-order valence-corrected chi connectivity index (χ1v) is 7.01. The number of nitrogens with zero attached hydrogens (tertiary/aromatic N) is 2. The molecule has 2 unspecified atom stereocenters. The van der Waals surface area contributed by atoms with Crippen molar-refractivity contribution in [3.63, 3.8) is 0 Å². The summed E-state index contributed by atoms with van der Waals surface area (Å²) < 4.78 is 20.0. The second kappa shape index (κ2) is 7.05. The third kappa shape index (κ3) is 3.07. The van der Waals surface area contributed by atoms with E-state index < -0.39 is 36.8 Å². The van der Waals surface area contributed by atoms with Crippen molar-refractivity contribution in [3.8, 4) is 0 Å². The summed E-state index contributed by atoms with van der Waals surface area (Å²) in [6, 6.07) is 0. The Bertz CT molecular complexity index is 554. The van der Waals surface area contributed by atoms with Crippen molar-refractivity contribution in [1.82, 2.24) is 9.55 Å². The Morgan fingerprint density at radius 1 is 1.68 bits per heavy atom. The summed E-state index contributed by atoms with van der Waals surface area (Å²) in [6.07, 6.45) is -2.30. The molecule has 124 valence electrons. The van der Waals surface area contributed by atoms with Crippen LogP contribution in [0.3, 0.4) is 0 Å². The lowest BCUT2D eigenvalue weighted by Gasteiger charge is -2.20. The molecule has 0 aliphatic carbocycles. The minimum Gasteiger partial charge on any atom is -0.394 e. The Hall–Kier alpha value is -1.68. The molecule has 2 rings (SSSR count). The van der Waals surface area contributed by atoms with E-state index in [-0.39, 0.29) is 24.7 Å². The van der Waals surface area contributed by atoms with Crippen molar-refractivity contribution in [1.29, 1.82) is 0 Å². The molecule has 6 N–H and O–H groups in total. The summed E-state index contributed by atoms with van der Waals surface area (Å²) in [4.78, 5) is 15.0. The number of amides is 1. The highest BCUT2D eigenvalue weighted by Crippen LogP contribution is 2.33. The van der Waals surface area contributed by atoms with E-state index in [2.05, 4.69) is 4.98 Å². The standard InChI is InChI=1S/C13H22N4O5/c1-2-3-4-21-10-7(5-18)22-13(9(10)19)17-6-16-8(11(17)14)12(15)20/h6-7,9-10,13,18-19H,2-5,14H2,1H3,(H2,15,20)/t7-,9-,10-,13?/m1/s1/i3D/t3?,7-,9-,10-,13?. The number of ether oxygens (including phenoxy) is 2. The van der Waals surface area contributed by atoms with Crippen LogP contribution in [0.25, 0.3) is 0 Å². The molecular weight excluding hydrogens is 292 g/mol. The zero-order valence-electron chi connectivity index (χ0n) is 13.3. The van der Waals surface area contributed by atoms with Crippen LogP contribution in [0.1, 0.15) is 37.8 Å². The molecular formula is C13H22N4O5. The van der Waals surface area contributed by atoms with Gasteiger partial charge < -0.3 is 31.2 Å². The normalized spacial score (nSPS) is 30.2. The molecule has 1 amide bonds. The smallest absolute Gasteiger partial charge is 0.271 e. The summed E-state index contributed by atoms with van der Waals surface area (Å²) in [5.74, 6) is -0.828. The number of nitrogen functional groups attached to an aromatic ring is 1. The lowest BCUT2D eigenvalue weighted by atomic mass is 10.1. The average molecular weight is 315 g/mol. The Morgan fingerprint density at radius 2 is 2.41 bits per heavy atom. The zero-order valence-corrected chi connectivity index (χ0v) is 12.3. The van der Waals surface area contributed by atoms with E-state index in [1.807, 2.05) is 6.92 Å². The maximum atomic E-state index is 11.2. The van der Waals surface area contributed by atoms with Gasteiger partial charge in [-0.1, -0.05) is 13.3 Å². The third-order valence-electron chi connectivity index (χ3n) is 3.52. The van der Waals surface area contributed by atoms with E-state index in [4.69, 9.17) is 22.3 Å². The number of carbonyl (C=O) groups excluding carboxylic acids is 1. The van der Waals surface area contributed by atoms with E-state index in [1.165, 1.54) is 10.9 Å². The molecule has 1 aromatic rings. The first kappa shape index (κ1) is 15.2. The fraction of sp³-hybridized carbons (Fsp3) is 0.692. The molecule has 1 aromatic heterocycles. The van der Waals surface area contributed by atoms with Gasteiger partial charge in [-0.2, -0.15) is 0 Å². The summed E-state index contributed by atoms with van der Waals surface area (Å²) in [5, 5.41) is 19.8. The Morgan fingerprint density at radius 3 is 2.95 bits per heavy atom. The van der Waals surface area contributed by atoms with Crippen LogP contribution in [-0.2, 0) is 9.47 Å². The van der Waals surface area contributed by atoms with E-state index in [1.54, 1.807) is 0 Å².